The molecule has 0 bridgehead atoms. The number of carbonyl (C=O) groups is 2. The Labute approximate surface area is 166 Å². The number of amides is 2. The maximum Gasteiger partial charge on any atom is 0.413 e. The Kier molecular flexibility index (Phi) is 7.06. The summed E-state index contributed by atoms with van der Waals surface area (Å²) in [6.45, 7) is 2.17. The highest BCUT2D eigenvalue weighted by molar-refractivity contribution is 5.86. The average molecular weight is 380 g/mol. The average Bonchev–Trinajstić information content (AvgIpc) is 2.71. The number of rotatable bonds is 6. The van der Waals surface area contributed by atoms with Gasteiger partial charge in [-0.1, -0.05) is 68.3 Å². The molecule has 1 aliphatic carbocycles. The minimum absolute atomic E-state index is 0.159. The van der Waals surface area contributed by atoms with Crippen LogP contribution in [0.15, 0.2) is 60.7 Å². The first-order valence-electron chi connectivity index (χ1n) is 9.99. The maximum absolute atomic E-state index is 13.0. The second-order valence-corrected chi connectivity index (χ2v) is 7.47. The molecule has 0 radical (unpaired) electrons. The van der Waals surface area contributed by atoms with Crippen LogP contribution in [0.2, 0.25) is 0 Å². The molecule has 2 aromatic carbocycles. The lowest BCUT2D eigenvalue weighted by Crippen LogP contribution is -2.53. The van der Waals surface area contributed by atoms with Gasteiger partial charge >= 0.3 is 6.09 Å². The number of hydrogen-bond acceptors (Lipinski definition) is 3. The Bertz CT molecular complexity index is 764. The standard InChI is InChI=1S/C23H28N2O3/c1-17-10-8-9-15-20(17)24-22(26)21(16-18-11-4-2-5-12-18)25-23(27)28-19-13-6-3-7-14-19/h2-7,11-14,17,20-21H,8-10,15-16H2,1H3,(H,24,26)(H,25,27)/t17-,20-,21+/m1/s1. The van der Waals surface area contributed by atoms with Crippen molar-refractivity contribution in [3.05, 3.63) is 66.2 Å². The van der Waals surface area contributed by atoms with E-state index < -0.39 is 12.1 Å². The molecule has 0 saturated heterocycles. The van der Waals surface area contributed by atoms with Gasteiger partial charge in [0, 0.05) is 12.5 Å². The Morgan fingerprint density at radius 3 is 2.32 bits per heavy atom. The molecule has 0 spiro atoms. The minimum Gasteiger partial charge on any atom is -0.410 e. The van der Waals surface area contributed by atoms with Crippen LogP contribution < -0.4 is 15.4 Å². The van der Waals surface area contributed by atoms with E-state index in [1.807, 2.05) is 36.4 Å². The lowest BCUT2D eigenvalue weighted by Gasteiger charge is -2.31. The summed E-state index contributed by atoms with van der Waals surface area (Å²) in [6.07, 6.45) is 4.23. The topological polar surface area (TPSA) is 67.4 Å². The van der Waals surface area contributed by atoms with E-state index >= 15 is 0 Å². The van der Waals surface area contributed by atoms with Crippen LogP contribution >= 0.6 is 0 Å². The van der Waals surface area contributed by atoms with Crippen molar-refractivity contribution in [1.82, 2.24) is 10.6 Å². The zero-order valence-corrected chi connectivity index (χ0v) is 16.3. The largest absolute Gasteiger partial charge is 0.413 e. The van der Waals surface area contributed by atoms with Crippen molar-refractivity contribution in [2.45, 2.75) is 51.1 Å². The van der Waals surface area contributed by atoms with Crippen molar-refractivity contribution in [2.24, 2.45) is 5.92 Å². The Morgan fingerprint density at radius 1 is 1.00 bits per heavy atom. The van der Waals surface area contributed by atoms with Crippen LogP contribution in [0.3, 0.4) is 0 Å². The van der Waals surface area contributed by atoms with E-state index in [2.05, 4.69) is 17.6 Å². The molecular formula is C23H28N2O3. The molecule has 0 aromatic heterocycles. The number of hydrogen-bond donors (Lipinski definition) is 2. The predicted octanol–water partition coefficient (Wildman–Crippen LogP) is 4.08. The van der Waals surface area contributed by atoms with Crippen molar-refractivity contribution in [1.29, 1.82) is 0 Å². The first kappa shape index (κ1) is 19.9. The fourth-order valence-corrected chi connectivity index (χ4v) is 3.64. The highest BCUT2D eigenvalue weighted by Crippen LogP contribution is 2.23. The zero-order valence-electron chi connectivity index (χ0n) is 16.3. The number of benzene rings is 2. The van der Waals surface area contributed by atoms with Gasteiger partial charge in [0.25, 0.3) is 0 Å². The molecule has 0 unspecified atom stereocenters. The molecule has 1 fully saturated rings. The maximum atomic E-state index is 13.0. The number of para-hydroxylation sites is 1. The Hall–Kier alpha value is -2.82. The molecule has 1 aliphatic rings. The smallest absolute Gasteiger partial charge is 0.410 e. The fourth-order valence-electron chi connectivity index (χ4n) is 3.64. The molecule has 2 amide bonds. The zero-order chi connectivity index (χ0) is 19.8. The summed E-state index contributed by atoms with van der Waals surface area (Å²) in [5, 5.41) is 5.89. The van der Waals surface area contributed by atoms with Crippen molar-refractivity contribution < 1.29 is 14.3 Å². The minimum atomic E-state index is -0.687. The highest BCUT2D eigenvalue weighted by atomic mass is 16.6. The van der Waals surface area contributed by atoms with Crippen LogP contribution in [0.4, 0.5) is 4.79 Å². The van der Waals surface area contributed by atoms with E-state index in [-0.39, 0.29) is 11.9 Å². The third kappa shape index (κ3) is 5.84. The third-order valence-corrected chi connectivity index (χ3v) is 5.28. The molecule has 5 heteroatoms. The number of nitrogens with one attached hydrogen (secondary N) is 2. The van der Waals surface area contributed by atoms with Crippen LogP contribution in [0.25, 0.3) is 0 Å². The summed E-state index contributed by atoms with van der Waals surface area (Å²) in [6, 6.07) is 18.0. The van der Waals surface area contributed by atoms with Crippen molar-refractivity contribution in [2.75, 3.05) is 0 Å². The predicted molar refractivity (Wildman–Crippen MR) is 109 cm³/mol. The summed E-state index contributed by atoms with van der Waals surface area (Å²) >= 11 is 0. The van der Waals surface area contributed by atoms with E-state index in [0.717, 1.165) is 24.8 Å². The first-order valence-corrected chi connectivity index (χ1v) is 9.99. The lowest BCUT2D eigenvalue weighted by molar-refractivity contribution is -0.124. The molecule has 5 nitrogen and oxygen atoms in total. The third-order valence-electron chi connectivity index (χ3n) is 5.28. The summed E-state index contributed by atoms with van der Waals surface area (Å²) in [4.78, 5) is 25.3. The van der Waals surface area contributed by atoms with E-state index in [1.54, 1.807) is 24.3 Å². The monoisotopic (exact) mass is 380 g/mol. The van der Waals surface area contributed by atoms with E-state index in [9.17, 15) is 9.59 Å². The summed E-state index contributed by atoms with van der Waals surface area (Å²) in [5.74, 6) is 0.735. The van der Waals surface area contributed by atoms with Gasteiger partial charge < -0.3 is 15.4 Å². The van der Waals surface area contributed by atoms with Crippen LogP contribution in [0, 0.1) is 5.92 Å². The lowest BCUT2D eigenvalue weighted by atomic mass is 9.85. The molecule has 2 N–H and O–H groups in total. The summed E-state index contributed by atoms with van der Waals surface area (Å²) in [5.41, 5.74) is 0.986. The SMILES string of the molecule is C[C@@H]1CCCC[C@H]1NC(=O)[C@H](Cc1ccccc1)NC(=O)Oc1ccccc1. The normalized spacial score (nSPS) is 20.0. The molecule has 0 aliphatic heterocycles. The molecule has 1 saturated carbocycles. The van der Waals surface area contributed by atoms with Gasteiger partial charge in [0.15, 0.2) is 0 Å². The molecule has 2 aromatic rings. The van der Waals surface area contributed by atoms with Gasteiger partial charge in [-0.15, -0.1) is 0 Å². The second-order valence-electron chi connectivity index (χ2n) is 7.47. The molecule has 0 heterocycles. The molecule has 28 heavy (non-hydrogen) atoms. The van der Waals surface area contributed by atoms with Gasteiger partial charge in [-0.3, -0.25) is 4.79 Å². The van der Waals surface area contributed by atoms with Crippen LogP contribution in [0.5, 0.6) is 5.75 Å². The second kappa shape index (κ2) is 9.93. The van der Waals surface area contributed by atoms with E-state index in [4.69, 9.17) is 4.74 Å². The van der Waals surface area contributed by atoms with E-state index in [1.165, 1.54) is 6.42 Å². The van der Waals surface area contributed by atoms with Crippen LogP contribution in [0.1, 0.15) is 38.2 Å². The molecule has 148 valence electrons. The molecule has 3 rings (SSSR count). The summed E-state index contributed by atoms with van der Waals surface area (Å²) in [7, 11) is 0. The van der Waals surface area contributed by atoms with Crippen molar-refractivity contribution >= 4 is 12.0 Å². The molecule has 3 atom stereocenters. The van der Waals surface area contributed by atoms with E-state index in [0.29, 0.717) is 18.1 Å². The van der Waals surface area contributed by atoms with Gasteiger partial charge in [0.2, 0.25) is 5.91 Å². The van der Waals surface area contributed by atoms with Crippen molar-refractivity contribution in [3.8, 4) is 5.75 Å². The van der Waals surface area contributed by atoms with Gasteiger partial charge in [0.1, 0.15) is 11.8 Å². The number of ether oxygens (including phenoxy) is 1. The Balaban J connectivity index is 1.67. The fraction of sp³-hybridized carbons (Fsp3) is 0.391. The Morgan fingerprint density at radius 2 is 1.64 bits per heavy atom. The highest BCUT2D eigenvalue weighted by Gasteiger charge is 2.28. The van der Waals surface area contributed by atoms with Crippen LogP contribution in [-0.2, 0) is 11.2 Å². The van der Waals surface area contributed by atoms with Gasteiger partial charge in [-0.25, -0.2) is 4.79 Å². The van der Waals surface area contributed by atoms with Gasteiger partial charge in [0.05, 0.1) is 0 Å². The van der Waals surface area contributed by atoms with Gasteiger partial charge in [-0.05, 0) is 36.5 Å². The van der Waals surface area contributed by atoms with Gasteiger partial charge in [-0.2, -0.15) is 0 Å². The quantitative estimate of drug-likeness (QED) is 0.793. The molecular weight excluding hydrogens is 352 g/mol. The number of carbonyl (C=O) groups excluding carboxylic acids is 2. The first-order chi connectivity index (χ1) is 13.6. The summed E-state index contributed by atoms with van der Waals surface area (Å²) < 4.78 is 5.31. The van der Waals surface area contributed by atoms with Crippen LogP contribution in [-0.4, -0.2) is 24.1 Å². The van der Waals surface area contributed by atoms with Crippen molar-refractivity contribution in [3.63, 3.8) is 0 Å².